The largest absolute Gasteiger partial charge is 0.488 e. The number of urea groups is 1. The summed E-state index contributed by atoms with van der Waals surface area (Å²) in [5, 5.41) is 19.0. The highest BCUT2D eigenvalue weighted by Crippen LogP contribution is 2.30. The molecule has 0 unspecified atom stereocenters. The van der Waals surface area contributed by atoms with Crippen molar-refractivity contribution in [3.05, 3.63) is 35.2 Å². The summed E-state index contributed by atoms with van der Waals surface area (Å²) in [5.74, 6) is 0.748. The second-order valence-corrected chi connectivity index (χ2v) is 8.87. The fourth-order valence-corrected chi connectivity index (χ4v) is 3.82. The van der Waals surface area contributed by atoms with E-state index in [1.807, 2.05) is 32.8 Å². The van der Waals surface area contributed by atoms with Crippen molar-refractivity contribution in [3.8, 4) is 5.75 Å². The molecule has 2 aromatic rings. The summed E-state index contributed by atoms with van der Waals surface area (Å²) in [4.78, 5) is 29.7. The molecule has 3 atom stereocenters. The Hall–Kier alpha value is -3.11. The summed E-state index contributed by atoms with van der Waals surface area (Å²) in [6.45, 7) is 8.27. The van der Waals surface area contributed by atoms with Crippen LogP contribution in [-0.4, -0.2) is 77.9 Å². The molecule has 0 fully saturated rings. The van der Waals surface area contributed by atoms with Crippen molar-refractivity contribution in [3.63, 3.8) is 0 Å². The Kier molecular flexibility index (Phi) is 7.60. The minimum atomic E-state index is -0.483. The van der Waals surface area contributed by atoms with Gasteiger partial charge in [-0.3, -0.25) is 4.79 Å². The number of fused-ring (bicyclic) bond motifs is 1. The number of ether oxygens (including phenoxy) is 1. The van der Waals surface area contributed by atoms with Crippen molar-refractivity contribution in [2.45, 2.75) is 39.8 Å². The Morgan fingerprint density at radius 1 is 1.33 bits per heavy atom. The van der Waals surface area contributed by atoms with E-state index >= 15 is 0 Å². The molecule has 0 saturated carbocycles. The van der Waals surface area contributed by atoms with E-state index in [1.165, 1.54) is 0 Å². The number of hydrogen-bond donors (Lipinski definition) is 3. The molecule has 10 nitrogen and oxygen atoms in total. The average Bonchev–Trinajstić information content (AvgIpc) is 3.07. The van der Waals surface area contributed by atoms with E-state index in [0.29, 0.717) is 47.2 Å². The smallest absolute Gasteiger partial charge is 0.323 e. The van der Waals surface area contributed by atoms with Gasteiger partial charge in [0.05, 0.1) is 18.2 Å². The number of amides is 3. The number of anilines is 2. The molecule has 0 radical (unpaired) electrons. The van der Waals surface area contributed by atoms with Gasteiger partial charge in [-0.2, -0.15) is 0 Å². The maximum absolute atomic E-state index is 13.4. The Morgan fingerprint density at radius 2 is 2.06 bits per heavy atom. The van der Waals surface area contributed by atoms with Gasteiger partial charge in [0.25, 0.3) is 5.91 Å². The Morgan fingerprint density at radius 3 is 2.67 bits per heavy atom. The van der Waals surface area contributed by atoms with Crippen LogP contribution in [0.25, 0.3) is 0 Å². The Balaban J connectivity index is 1.90. The molecule has 0 saturated heterocycles. The highest BCUT2D eigenvalue weighted by molar-refractivity contribution is 6.03. The normalized spacial score (nSPS) is 19.4. The molecule has 2 heterocycles. The Bertz CT molecular complexity index is 986. The van der Waals surface area contributed by atoms with Crippen LogP contribution in [0.2, 0.25) is 0 Å². The molecule has 3 amide bonds. The average molecular weight is 460 g/mol. The second kappa shape index (κ2) is 10.2. The first-order valence-electron chi connectivity index (χ1n) is 11.0. The van der Waals surface area contributed by atoms with Crippen LogP contribution in [0.4, 0.5) is 16.2 Å². The number of benzene rings is 1. The third kappa shape index (κ3) is 5.63. The van der Waals surface area contributed by atoms with E-state index in [-0.39, 0.29) is 30.6 Å². The molecule has 3 N–H and O–H groups in total. The molecule has 33 heavy (non-hydrogen) atoms. The number of nitrogens with one attached hydrogen (secondary N) is 2. The Labute approximate surface area is 193 Å². The number of likely N-dealkylation sites (N-methyl/N-ethyl adjacent to an activating group) is 1. The van der Waals surface area contributed by atoms with Gasteiger partial charge in [0.15, 0.2) is 5.76 Å². The summed E-state index contributed by atoms with van der Waals surface area (Å²) in [6.07, 6.45) is -0.151. The van der Waals surface area contributed by atoms with Gasteiger partial charge in [-0.05, 0) is 53.1 Å². The zero-order chi connectivity index (χ0) is 24.3. The zero-order valence-corrected chi connectivity index (χ0v) is 20.0. The number of aromatic nitrogens is 1. The maximum atomic E-state index is 13.4. The monoisotopic (exact) mass is 459 g/mol. The topological polar surface area (TPSA) is 120 Å². The predicted molar refractivity (Wildman–Crippen MR) is 125 cm³/mol. The first-order chi connectivity index (χ1) is 15.6. The van der Waals surface area contributed by atoms with Crippen LogP contribution in [0.3, 0.4) is 0 Å². The van der Waals surface area contributed by atoms with Gasteiger partial charge in [-0.25, -0.2) is 4.79 Å². The van der Waals surface area contributed by atoms with Crippen molar-refractivity contribution < 1.29 is 24.0 Å². The van der Waals surface area contributed by atoms with Gasteiger partial charge in [0.2, 0.25) is 0 Å². The zero-order valence-electron chi connectivity index (χ0n) is 20.0. The van der Waals surface area contributed by atoms with Crippen molar-refractivity contribution in [1.29, 1.82) is 0 Å². The maximum Gasteiger partial charge on any atom is 0.323 e. The van der Waals surface area contributed by atoms with Crippen LogP contribution < -0.4 is 15.4 Å². The summed E-state index contributed by atoms with van der Waals surface area (Å²) >= 11 is 0. The number of nitrogens with zero attached hydrogens (tertiary/aromatic N) is 3. The molecule has 1 aromatic heterocycles. The van der Waals surface area contributed by atoms with Crippen LogP contribution >= 0.6 is 0 Å². The van der Waals surface area contributed by atoms with Gasteiger partial charge in [-0.1, -0.05) is 12.1 Å². The number of hydrogen-bond acceptors (Lipinski definition) is 7. The molecule has 1 aliphatic rings. The number of carbonyl (C=O) groups is 2. The molecule has 0 spiro atoms. The fourth-order valence-electron chi connectivity index (χ4n) is 3.82. The lowest BCUT2D eigenvalue weighted by Gasteiger charge is -2.37. The van der Waals surface area contributed by atoms with Gasteiger partial charge < -0.3 is 34.8 Å². The molecule has 0 aliphatic carbocycles. The number of carbonyl (C=O) groups excluding carboxylic acids is 2. The first kappa shape index (κ1) is 24.5. The first-order valence-corrected chi connectivity index (χ1v) is 11.0. The standard InChI is InChI=1S/C23H33N5O5/c1-13-10-28(14(2)12-29)22(30)18-9-17(7-8-19(18)32-20(13)11-27(5)6)24-23(31)25-21-15(3)26-33-16(21)4/h7-9,13-14,20,29H,10-12H2,1-6H3,(H2,24,25,31)/t13-,14+,20+/m1/s1. The molecule has 1 aromatic carbocycles. The predicted octanol–water partition coefficient (Wildman–Crippen LogP) is 2.72. The van der Waals surface area contributed by atoms with Crippen LogP contribution in [-0.2, 0) is 0 Å². The number of aliphatic hydroxyl groups is 1. The highest BCUT2D eigenvalue weighted by Gasteiger charge is 2.33. The van der Waals surface area contributed by atoms with E-state index in [2.05, 4.69) is 15.8 Å². The molecular weight excluding hydrogens is 426 g/mol. The SMILES string of the molecule is Cc1noc(C)c1NC(=O)Nc1ccc2c(c1)C(=O)N([C@@H](C)CO)C[C@@H](C)[C@H](CN(C)C)O2. The molecule has 0 bridgehead atoms. The van der Waals surface area contributed by atoms with Crippen LogP contribution in [0.1, 0.15) is 35.7 Å². The molecular formula is C23H33N5O5. The fraction of sp³-hybridized carbons (Fsp3) is 0.522. The van der Waals surface area contributed by atoms with E-state index in [1.54, 1.807) is 36.9 Å². The van der Waals surface area contributed by atoms with E-state index in [9.17, 15) is 14.7 Å². The van der Waals surface area contributed by atoms with Crippen molar-refractivity contribution in [1.82, 2.24) is 15.0 Å². The van der Waals surface area contributed by atoms with Gasteiger partial charge in [0, 0.05) is 24.7 Å². The molecule has 1 aliphatic heterocycles. The third-order valence-corrected chi connectivity index (χ3v) is 5.74. The number of aryl methyl sites for hydroxylation is 2. The quantitative estimate of drug-likeness (QED) is 0.607. The molecule has 180 valence electrons. The number of rotatable bonds is 6. The van der Waals surface area contributed by atoms with Gasteiger partial charge in [-0.15, -0.1) is 0 Å². The van der Waals surface area contributed by atoms with Crippen molar-refractivity contribution >= 4 is 23.3 Å². The number of aliphatic hydroxyl groups excluding tert-OH is 1. The highest BCUT2D eigenvalue weighted by atomic mass is 16.5. The summed E-state index contributed by atoms with van der Waals surface area (Å²) in [5.41, 5.74) is 1.84. The lowest BCUT2D eigenvalue weighted by molar-refractivity contribution is 0.0363. The van der Waals surface area contributed by atoms with Crippen LogP contribution in [0.15, 0.2) is 22.7 Å². The van der Waals surface area contributed by atoms with Crippen molar-refractivity contribution in [2.75, 3.05) is 44.4 Å². The van der Waals surface area contributed by atoms with E-state index in [0.717, 1.165) is 0 Å². The van der Waals surface area contributed by atoms with E-state index in [4.69, 9.17) is 9.26 Å². The molecule has 10 heteroatoms. The van der Waals surface area contributed by atoms with Gasteiger partial charge in [0.1, 0.15) is 23.2 Å². The van der Waals surface area contributed by atoms with Crippen LogP contribution in [0.5, 0.6) is 5.75 Å². The minimum Gasteiger partial charge on any atom is -0.488 e. The molecule has 3 rings (SSSR count). The van der Waals surface area contributed by atoms with Gasteiger partial charge >= 0.3 is 6.03 Å². The summed E-state index contributed by atoms with van der Waals surface area (Å²) in [7, 11) is 3.94. The van der Waals surface area contributed by atoms with Crippen LogP contribution in [0, 0.1) is 19.8 Å². The lowest BCUT2D eigenvalue weighted by atomic mass is 9.99. The lowest BCUT2D eigenvalue weighted by Crippen LogP contribution is -2.49. The third-order valence-electron chi connectivity index (χ3n) is 5.74. The minimum absolute atomic E-state index is 0.0529. The summed E-state index contributed by atoms with van der Waals surface area (Å²) < 4.78 is 11.3. The van der Waals surface area contributed by atoms with E-state index < -0.39 is 6.03 Å². The van der Waals surface area contributed by atoms with Crippen molar-refractivity contribution in [2.24, 2.45) is 5.92 Å². The second-order valence-electron chi connectivity index (χ2n) is 8.87. The summed E-state index contributed by atoms with van der Waals surface area (Å²) in [6, 6.07) is 4.15.